The molecule has 0 amide bonds. The standard InChI is InChI=1S/C48H39BN2S/c1-30-18-22-34(23-19-30)51-41-26-20-31(2)28-40(41)49-39-25-24-35(29-38(39)48(4,5)45-32(3)21-27-42(51)46(45)49)50(33-12-7-6-8-13-33)43-16-11-15-37-36-14-9-10-17-44(36)52-47(37)43/h6-29H,1-5H3. The Morgan fingerprint density at radius 3 is 2.15 bits per heavy atom. The van der Waals surface area contributed by atoms with Crippen LogP contribution in [0.3, 0.4) is 0 Å². The molecule has 0 unspecified atom stereocenters. The number of aryl methyl sites for hydroxylation is 3. The third-order valence-corrected chi connectivity index (χ3v) is 12.7. The summed E-state index contributed by atoms with van der Waals surface area (Å²) in [7, 11) is 0. The predicted octanol–water partition coefficient (Wildman–Crippen LogP) is 11.4. The van der Waals surface area contributed by atoms with Gasteiger partial charge in [-0.2, -0.15) is 0 Å². The van der Waals surface area contributed by atoms with Crippen LogP contribution in [0.1, 0.15) is 41.7 Å². The van der Waals surface area contributed by atoms with Crippen LogP contribution in [0.5, 0.6) is 0 Å². The second kappa shape index (κ2) is 11.5. The molecule has 0 spiro atoms. The minimum absolute atomic E-state index is 0.134. The van der Waals surface area contributed by atoms with E-state index in [1.807, 2.05) is 11.3 Å². The van der Waals surface area contributed by atoms with Gasteiger partial charge in [-0.1, -0.05) is 115 Å². The van der Waals surface area contributed by atoms with Gasteiger partial charge in [-0.3, -0.25) is 0 Å². The number of benzene rings is 7. The highest BCUT2D eigenvalue weighted by atomic mass is 32.1. The van der Waals surface area contributed by atoms with Crippen molar-refractivity contribution in [3.05, 3.63) is 173 Å². The molecule has 250 valence electrons. The van der Waals surface area contributed by atoms with Crippen molar-refractivity contribution in [2.24, 2.45) is 0 Å². The largest absolute Gasteiger partial charge is 0.312 e. The molecule has 0 N–H and O–H groups in total. The summed E-state index contributed by atoms with van der Waals surface area (Å²) in [6.07, 6.45) is 0. The van der Waals surface area contributed by atoms with Crippen molar-refractivity contribution >= 4 is 88.7 Å². The lowest BCUT2D eigenvalue weighted by molar-refractivity contribution is 0.641. The smallest absolute Gasteiger partial charge is 0.247 e. The average molecular weight is 687 g/mol. The fourth-order valence-electron chi connectivity index (χ4n) is 9.25. The summed E-state index contributed by atoms with van der Waals surface area (Å²) in [6, 6.07) is 54.5. The normalized spacial score (nSPS) is 13.9. The number of anilines is 6. The van der Waals surface area contributed by atoms with Gasteiger partial charge in [0.1, 0.15) is 0 Å². The topological polar surface area (TPSA) is 6.48 Å². The van der Waals surface area contributed by atoms with E-state index in [9.17, 15) is 0 Å². The minimum atomic E-state index is -0.233. The summed E-state index contributed by atoms with van der Waals surface area (Å²) in [5.41, 5.74) is 18.0. The molecule has 52 heavy (non-hydrogen) atoms. The SMILES string of the molecule is Cc1ccc(N2c3ccc(C)cc3B3c4ccc(N(c5ccccc5)c5cccc6c5sc5ccccc56)cc4C(C)(C)c4c(C)ccc2c43)cc1. The third kappa shape index (κ3) is 4.50. The molecular formula is C48H39BN2S. The van der Waals surface area contributed by atoms with E-state index >= 15 is 0 Å². The molecule has 8 aromatic rings. The highest BCUT2D eigenvalue weighted by Crippen LogP contribution is 2.47. The van der Waals surface area contributed by atoms with Crippen LogP contribution in [0.15, 0.2) is 146 Å². The molecule has 4 heteroatoms. The van der Waals surface area contributed by atoms with Gasteiger partial charge in [0.05, 0.1) is 10.4 Å². The molecule has 0 saturated carbocycles. The van der Waals surface area contributed by atoms with Gasteiger partial charge in [0.2, 0.25) is 6.71 Å². The first-order chi connectivity index (χ1) is 25.3. The second-order valence-electron chi connectivity index (χ2n) is 15.2. The quantitative estimate of drug-likeness (QED) is 0.170. The zero-order chi connectivity index (χ0) is 35.3. The summed E-state index contributed by atoms with van der Waals surface area (Å²) in [4.78, 5) is 4.98. The molecule has 1 aromatic heterocycles. The molecule has 10 rings (SSSR count). The van der Waals surface area contributed by atoms with E-state index < -0.39 is 0 Å². The molecule has 7 aromatic carbocycles. The summed E-state index contributed by atoms with van der Waals surface area (Å²) < 4.78 is 2.63. The van der Waals surface area contributed by atoms with E-state index in [1.54, 1.807) is 0 Å². The van der Waals surface area contributed by atoms with E-state index in [1.165, 1.54) is 92.8 Å². The fourth-order valence-corrected chi connectivity index (χ4v) is 10.5. The summed E-state index contributed by atoms with van der Waals surface area (Å²) >= 11 is 1.89. The number of hydrogen-bond donors (Lipinski definition) is 0. The van der Waals surface area contributed by atoms with Gasteiger partial charge in [-0.05, 0) is 109 Å². The van der Waals surface area contributed by atoms with Gasteiger partial charge in [-0.15, -0.1) is 11.3 Å². The van der Waals surface area contributed by atoms with E-state index in [0.29, 0.717) is 0 Å². The lowest BCUT2D eigenvalue weighted by Gasteiger charge is -2.46. The van der Waals surface area contributed by atoms with Gasteiger partial charge < -0.3 is 9.80 Å². The maximum absolute atomic E-state index is 2.51. The van der Waals surface area contributed by atoms with Gasteiger partial charge in [0.15, 0.2) is 0 Å². The predicted molar refractivity (Wildman–Crippen MR) is 226 cm³/mol. The second-order valence-corrected chi connectivity index (χ2v) is 16.2. The van der Waals surface area contributed by atoms with Gasteiger partial charge in [0, 0.05) is 49.3 Å². The number of thiophene rings is 1. The summed E-state index contributed by atoms with van der Waals surface area (Å²) in [5.74, 6) is 0. The van der Waals surface area contributed by atoms with Crippen LogP contribution in [0.25, 0.3) is 20.2 Å². The maximum Gasteiger partial charge on any atom is 0.247 e. The Kier molecular flexibility index (Phi) is 6.88. The number of rotatable bonds is 4. The summed E-state index contributed by atoms with van der Waals surface area (Å²) in [5, 5.41) is 2.62. The van der Waals surface area contributed by atoms with Crippen molar-refractivity contribution < 1.29 is 0 Å². The first-order valence-electron chi connectivity index (χ1n) is 18.3. The lowest BCUT2D eigenvalue weighted by Crippen LogP contribution is -2.64. The zero-order valence-electron chi connectivity index (χ0n) is 30.2. The van der Waals surface area contributed by atoms with Gasteiger partial charge in [-0.25, -0.2) is 0 Å². The number of hydrogen-bond acceptors (Lipinski definition) is 3. The molecule has 2 aliphatic heterocycles. The molecule has 3 heterocycles. The van der Waals surface area contributed by atoms with Crippen molar-refractivity contribution in [1.29, 1.82) is 0 Å². The Bertz CT molecular complexity index is 2710. The van der Waals surface area contributed by atoms with E-state index in [4.69, 9.17) is 0 Å². The Hall–Kier alpha value is -5.58. The van der Waals surface area contributed by atoms with Gasteiger partial charge in [0.25, 0.3) is 0 Å². The van der Waals surface area contributed by atoms with E-state index in [0.717, 1.165) is 5.69 Å². The van der Waals surface area contributed by atoms with Crippen LogP contribution in [0, 0.1) is 20.8 Å². The van der Waals surface area contributed by atoms with Crippen molar-refractivity contribution in [1.82, 2.24) is 0 Å². The van der Waals surface area contributed by atoms with Crippen LogP contribution in [0.2, 0.25) is 0 Å². The van der Waals surface area contributed by atoms with Crippen LogP contribution in [0.4, 0.5) is 34.1 Å². The Labute approximate surface area is 310 Å². The third-order valence-electron chi connectivity index (χ3n) is 11.5. The van der Waals surface area contributed by atoms with Crippen LogP contribution < -0.4 is 26.2 Å². The van der Waals surface area contributed by atoms with E-state index in [-0.39, 0.29) is 12.1 Å². The lowest BCUT2D eigenvalue weighted by atomic mass is 9.30. The van der Waals surface area contributed by atoms with Crippen molar-refractivity contribution in [3.8, 4) is 0 Å². The van der Waals surface area contributed by atoms with Crippen molar-refractivity contribution in [2.75, 3.05) is 9.80 Å². The van der Waals surface area contributed by atoms with Crippen molar-refractivity contribution in [3.63, 3.8) is 0 Å². The molecule has 2 aliphatic rings. The Morgan fingerprint density at radius 1 is 0.596 bits per heavy atom. The maximum atomic E-state index is 2.51. The molecule has 2 nitrogen and oxygen atoms in total. The first kappa shape index (κ1) is 31.2. The van der Waals surface area contributed by atoms with Crippen LogP contribution in [-0.2, 0) is 5.41 Å². The molecule has 0 fully saturated rings. The summed E-state index contributed by atoms with van der Waals surface area (Å²) in [6.45, 7) is 11.7. The van der Waals surface area contributed by atoms with Crippen LogP contribution >= 0.6 is 11.3 Å². The number of nitrogens with zero attached hydrogens (tertiary/aromatic N) is 2. The van der Waals surface area contributed by atoms with Crippen LogP contribution in [-0.4, -0.2) is 6.71 Å². The molecule has 0 radical (unpaired) electrons. The van der Waals surface area contributed by atoms with Gasteiger partial charge >= 0.3 is 0 Å². The first-order valence-corrected chi connectivity index (χ1v) is 19.1. The molecular weight excluding hydrogens is 647 g/mol. The minimum Gasteiger partial charge on any atom is -0.312 e. The molecule has 0 bridgehead atoms. The average Bonchev–Trinajstić information content (AvgIpc) is 3.54. The monoisotopic (exact) mass is 686 g/mol. The fraction of sp³-hybridized carbons (Fsp3) is 0.125. The van der Waals surface area contributed by atoms with E-state index in [2.05, 4.69) is 190 Å². The number of fused-ring (bicyclic) bond motifs is 7. The Balaban J connectivity index is 1.22. The van der Waals surface area contributed by atoms with Crippen molar-refractivity contribution in [2.45, 2.75) is 40.0 Å². The Morgan fingerprint density at radius 2 is 1.33 bits per heavy atom. The highest BCUT2D eigenvalue weighted by molar-refractivity contribution is 7.26. The molecule has 0 atom stereocenters. The zero-order valence-corrected chi connectivity index (χ0v) is 31.1. The highest BCUT2D eigenvalue weighted by Gasteiger charge is 2.47. The molecule has 0 saturated heterocycles. The number of para-hydroxylation sites is 1. The molecule has 0 aliphatic carbocycles.